The second kappa shape index (κ2) is 11.7. The number of aromatic nitrogens is 1. The van der Waals surface area contributed by atoms with Crippen molar-refractivity contribution in [3.8, 4) is 17.1 Å². The van der Waals surface area contributed by atoms with Crippen molar-refractivity contribution in [1.82, 2.24) is 4.57 Å². The molecule has 1 atom stereocenters. The summed E-state index contributed by atoms with van der Waals surface area (Å²) < 4.78 is 19.4. The second-order valence-electron chi connectivity index (χ2n) is 9.99. The van der Waals surface area contributed by atoms with Crippen LogP contribution in [-0.4, -0.2) is 34.3 Å². The van der Waals surface area contributed by atoms with Crippen LogP contribution >= 0.6 is 11.3 Å². The van der Waals surface area contributed by atoms with Gasteiger partial charge in [0.05, 0.1) is 34.1 Å². The SMILES string of the molecule is CCOC(=O)C1=C(C)N=c2s/c(=C/c3ccc(-c4cccc(C(=O)O)c4C)o3)c(=O)n2[C@@H]1c1ccccc1OC(C)C. The van der Waals surface area contributed by atoms with Gasteiger partial charge in [-0.05, 0) is 64.4 Å². The quantitative estimate of drug-likeness (QED) is 0.293. The largest absolute Gasteiger partial charge is 0.491 e. The number of carbonyl (C=O) groups excluding carboxylic acids is 1. The lowest BCUT2D eigenvalue weighted by Crippen LogP contribution is -2.40. The van der Waals surface area contributed by atoms with Crippen LogP contribution in [0.25, 0.3) is 17.4 Å². The summed E-state index contributed by atoms with van der Waals surface area (Å²) in [4.78, 5) is 43.8. The van der Waals surface area contributed by atoms with Gasteiger partial charge in [0.25, 0.3) is 5.56 Å². The normalized spacial score (nSPS) is 15.0. The summed E-state index contributed by atoms with van der Waals surface area (Å²) in [6, 6.07) is 15.0. The summed E-state index contributed by atoms with van der Waals surface area (Å²) in [6.07, 6.45) is 1.49. The van der Waals surface area contributed by atoms with Gasteiger partial charge in [-0.25, -0.2) is 14.6 Å². The third-order valence-corrected chi connectivity index (χ3v) is 7.81. The average molecular weight is 587 g/mol. The first-order valence-corrected chi connectivity index (χ1v) is 14.3. The van der Waals surface area contributed by atoms with E-state index in [2.05, 4.69) is 4.99 Å². The Morgan fingerprint density at radius 1 is 1.12 bits per heavy atom. The van der Waals surface area contributed by atoms with Gasteiger partial charge in [0.1, 0.15) is 23.3 Å². The Kier molecular flexibility index (Phi) is 8.00. The number of nitrogens with zero attached hydrogens (tertiary/aromatic N) is 2. The molecule has 2 aromatic heterocycles. The Balaban J connectivity index is 1.66. The fraction of sp³-hybridized carbons (Fsp3) is 0.250. The van der Waals surface area contributed by atoms with E-state index in [1.165, 1.54) is 15.9 Å². The highest BCUT2D eigenvalue weighted by Crippen LogP contribution is 2.36. The standard InChI is InChI=1S/C32H30N2O7S/c1-6-39-31(38)27-19(5)33-32-34(28(27)23-10-7-8-13-24(23)40-17(2)3)29(35)26(42-32)16-20-14-15-25(41-20)21-11-9-12-22(18(21)4)30(36)37/h7-17,28H,6H2,1-5H3,(H,36,37)/b26-16+/t28-/m1/s1. The van der Waals surface area contributed by atoms with Crippen LogP contribution in [0.5, 0.6) is 5.75 Å². The molecular formula is C32H30N2O7S. The Morgan fingerprint density at radius 3 is 2.60 bits per heavy atom. The van der Waals surface area contributed by atoms with Gasteiger partial charge in [0, 0.05) is 17.2 Å². The molecule has 1 aliphatic rings. The highest BCUT2D eigenvalue weighted by atomic mass is 32.1. The maximum Gasteiger partial charge on any atom is 0.338 e. The number of benzene rings is 2. The van der Waals surface area contributed by atoms with Crippen LogP contribution in [0.15, 0.2) is 80.1 Å². The monoisotopic (exact) mass is 586 g/mol. The Labute approximate surface area is 245 Å². The first-order chi connectivity index (χ1) is 20.1. The summed E-state index contributed by atoms with van der Waals surface area (Å²) in [6.45, 7) is 9.18. The molecule has 0 amide bonds. The topological polar surface area (TPSA) is 120 Å². The van der Waals surface area contributed by atoms with Gasteiger partial charge >= 0.3 is 11.9 Å². The summed E-state index contributed by atoms with van der Waals surface area (Å²) in [5, 5.41) is 9.49. The molecule has 9 nitrogen and oxygen atoms in total. The molecule has 1 aliphatic heterocycles. The smallest absolute Gasteiger partial charge is 0.338 e. The number of allylic oxidation sites excluding steroid dienone is 1. The third kappa shape index (κ3) is 5.33. The second-order valence-corrected chi connectivity index (χ2v) is 11.0. The number of esters is 1. The van der Waals surface area contributed by atoms with E-state index in [0.717, 1.165) is 0 Å². The molecule has 0 fully saturated rings. The van der Waals surface area contributed by atoms with E-state index >= 15 is 0 Å². The molecule has 0 aliphatic carbocycles. The number of hydrogen-bond acceptors (Lipinski definition) is 8. The predicted octanol–water partition coefficient (Wildman–Crippen LogP) is 4.85. The van der Waals surface area contributed by atoms with Crippen molar-refractivity contribution in [2.45, 2.75) is 46.8 Å². The molecule has 42 heavy (non-hydrogen) atoms. The Morgan fingerprint density at radius 2 is 1.88 bits per heavy atom. The van der Waals surface area contributed by atoms with E-state index in [9.17, 15) is 19.5 Å². The molecular weight excluding hydrogens is 556 g/mol. The van der Waals surface area contributed by atoms with Gasteiger partial charge in [0.15, 0.2) is 4.80 Å². The minimum Gasteiger partial charge on any atom is -0.491 e. The van der Waals surface area contributed by atoms with E-state index in [-0.39, 0.29) is 29.4 Å². The average Bonchev–Trinajstić information content (AvgIpc) is 3.52. The summed E-state index contributed by atoms with van der Waals surface area (Å²) >= 11 is 1.18. The van der Waals surface area contributed by atoms with Crippen LogP contribution in [0, 0.1) is 6.92 Å². The minimum atomic E-state index is -1.02. The van der Waals surface area contributed by atoms with Gasteiger partial charge in [-0.15, -0.1) is 0 Å². The fourth-order valence-corrected chi connectivity index (χ4v) is 6.02. The molecule has 216 valence electrons. The molecule has 0 unspecified atom stereocenters. The number of thiazole rings is 1. The van der Waals surface area contributed by atoms with E-state index < -0.39 is 18.0 Å². The molecule has 5 rings (SSSR count). The lowest BCUT2D eigenvalue weighted by molar-refractivity contribution is -0.139. The van der Waals surface area contributed by atoms with Crippen molar-refractivity contribution < 1.29 is 28.6 Å². The van der Waals surface area contributed by atoms with Gasteiger partial charge in [0.2, 0.25) is 0 Å². The van der Waals surface area contributed by atoms with Gasteiger partial charge < -0.3 is 19.0 Å². The lowest BCUT2D eigenvalue weighted by atomic mass is 9.95. The fourth-order valence-electron chi connectivity index (χ4n) is 4.99. The van der Waals surface area contributed by atoms with Gasteiger partial charge in [-0.2, -0.15) is 0 Å². The maximum absolute atomic E-state index is 14.0. The zero-order valence-electron chi connectivity index (χ0n) is 23.8. The highest BCUT2D eigenvalue weighted by molar-refractivity contribution is 7.07. The van der Waals surface area contributed by atoms with Crippen molar-refractivity contribution in [1.29, 1.82) is 0 Å². The van der Waals surface area contributed by atoms with Gasteiger partial charge in [-0.1, -0.05) is 41.7 Å². The minimum absolute atomic E-state index is 0.133. The first-order valence-electron chi connectivity index (χ1n) is 13.5. The van der Waals surface area contributed by atoms with Crippen LogP contribution in [0.1, 0.15) is 61.0 Å². The van der Waals surface area contributed by atoms with Crippen LogP contribution in [-0.2, 0) is 9.53 Å². The van der Waals surface area contributed by atoms with E-state index in [1.54, 1.807) is 57.2 Å². The molecule has 2 aromatic carbocycles. The van der Waals surface area contributed by atoms with Crippen molar-refractivity contribution >= 4 is 29.4 Å². The predicted molar refractivity (Wildman–Crippen MR) is 158 cm³/mol. The first kappa shape index (κ1) is 28.8. The van der Waals surface area contributed by atoms with E-state index in [1.807, 2.05) is 38.1 Å². The number of hydrogen-bond donors (Lipinski definition) is 1. The zero-order chi connectivity index (χ0) is 30.1. The van der Waals surface area contributed by atoms with Crippen molar-refractivity contribution in [3.63, 3.8) is 0 Å². The van der Waals surface area contributed by atoms with Crippen LogP contribution in [0.3, 0.4) is 0 Å². The van der Waals surface area contributed by atoms with Crippen LogP contribution in [0.2, 0.25) is 0 Å². The van der Waals surface area contributed by atoms with E-state index in [0.29, 0.717) is 49.0 Å². The van der Waals surface area contributed by atoms with Crippen molar-refractivity contribution in [3.05, 3.63) is 108 Å². The number of carboxylic acids is 1. The van der Waals surface area contributed by atoms with E-state index in [4.69, 9.17) is 13.9 Å². The highest BCUT2D eigenvalue weighted by Gasteiger charge is 2.35. The molecule has 10 heteroatoms. The van der Waals surface area contributed by atoms with Crippen LogP contribution < -0.4 is 19.6 Å². The lowest BCUT2D eigenvalue weighted by Gasteiger charge is -2.26. The molecule has 0 saturated carbocycles. The number of furan rings is 1. The molecule has 0 radical (unpaired) electrons. The zero-order valence-corrected chi connectivity index (χ0v) is 24.7. The number of para-hydroxylation sites is 1. The summed E-state index contributed by atoms with van der Waals surface area (Å²) in [5.41, 5.74) is 2.43. The van der Waals surface area contributed by atoms with Crippen LogP contribution in [0.4, 0.5) is 0 Å². The molecule has 1 N–H and O–H groups in total. The van der Waals surface area contributed by atoms with Crippen molar-refractivity contribution in [2.24, 2.45) is 4.99 Å². The summed E-state index contributed by atoms with van der Waals surface area (Å²) in [5.74, 6) is -0.121. The maximum atomic E-state index is 14.0. The number of aromatic carboxylic acids is 1. The number of fused-ring (bicyclic) bond motifs is 1. The van der Waals surface area contributed by atoms with Gasteiger partial charge in [-0.3, -0.25) is 9.36 Å². The molecule has 0 spiro atoms. The number of carboxylic acid groups (broad SMARTS) is 1. The van der Waals surface area contributed by atoms with Crippen molar-refractivity contribution in [2.75, 3.05) is 6.61 Å². The summed E-state index contributed by atoms with van der Waals surface area (Å²) in [7, 11) is 0. The number of carbonyl (C=O) groups is 2. The molecule has 3 heterocycles. The molecule has 0 saturated heterocycles. The molecule has 0 bridgehead atoms. The number of ether oxygens (including phenoxy) is 2. The third-order valence-electron chi connectivity index (χ3n) is 6.82. The Hall–Kier alpha value is -4.70. The Bertz CT molecular complexity index is 1910. The molecule has 4 aromatic rings. The number of rotatable bonds is 8.